The largest absolute Gasteiger partial charge is 0.497 e. The van der Waals surface area contributed by atoms with Crippen LogP contribution in [0.1, 0.15) is 5.82 Å². The van der Waals surface area contributed by atoms with Crippen molar-refractivity contribution < 1.29 is 4.74 Å². The van der Waals surface area contributed by atoms with E-state index in [-0.39, 0.29) is 11.4 Å². The highest BCUT2D eigenvalue weighted by Crippen LogP contribution is 2.17. The topological polar surface area (TPSA) is 44.1 Å². The lowest BCUT2D eigenvalue weighted by Gasteiger charge is -2.05. The van der Waals surface area contributed by atoms with Crippen molar-refractivity contribution in [2.45, 2.75) is 5.88 Å². The van der Waals surface area contributed by atoms with Gasteiger partial charge in [0.25, 0.3) is 5.56 Å². The number of alkyl halides is 1. The van der Waals surface area contributed by atoms with Crippen LogP contribution in [0.5, 0.6) is 5.75 Å². The third kappa shape index (κ3) is 1.81. The van der Waals surface area contributed by atoms with Gasteiger partial charge in [-0.3, -0.25) is 4.79 Å². The van der Waals surface area contributed by atoms with Crippen LogP contribution in [-0.2, 0) is 5.88 Å². The van der Waals surface area contributed by atoms with Gasteiger partial charge < -0.3 is 4.74 Å². The van der Waals surface area contributed by atoms with Crippen LogP contribution in [0.3, 0.4) is 0 Å². The van der Waals surface area contributed by atoms with Gasteiger partial charge in [0.2, 0.25) is 0 Å². The van der Waals surface area contributed by atoms with Crippen molar-refractivity contribution in [3.8, 4) is 5.75 Å². The van der Waals surface area contributed by atoms with E-state index in [1.807, 2.05) is 0 Å². The first kappa shape index (κ1) is 11.4. The molecule has 0 atom stereocenters. The molecule has 0 aliphatic rings. The van der Waals surface area contributed by atoms with Gasteiger partial charge in [0.1, 0.15) is 11.6 Å². The van der Waals surface area contributed by atoms with E-state index in [0.29, 0.717) is 22.5 Å². The number of hydrogen-bond donors (Lipinski definition) is 0. The molecule has 16 heavy (non-hydrogen) atoms. The van der Waals surface area contributed by atoms with Crippen LogP contribution in [0.4, 0.5) is 0 Å². The first-order valence-electron chi connectivity index (χ1n) is 4.49. The maximum Gasteiger partial charge on any atom is 0.271 e. The summed E-state index contributed by atoms with van der Waals surface area (Å²) < 4.78 is 6.32. The second-order valence-corrected chi connectivity index (χ2v) is 4.11. The zero-order chi connectivity index (χ0) is 11.7. The molecule has 2 aromatic rings. The first-order valence-corrected chi connectivity index (χ1v) is 5.73. The Kier molecular flexibility index (Phi) is 3.16. The van der Waals surface area contributed by atoms with Crippen molar-refractivity contribution in [3.05, 3.63) is 34.4 Å². The normalized spacial score (nSPS) is 10.7. The summed E-state index contributed by atoms with van der Waals surface area (Å²) in [5, 5.41) is 0.491. The van der Waals surface area contributed by atoms with E-state index in [1.54, 1.807) is 25.3 Å². The van der Waals surface area contributed by atoms with Crippen molar-refractivity contribution in [1.82, 2.24) is 8.58 Å². The number of nitrogens with zero attached hydrogens (tertiary/aromatic N) is 2. The standard InChI is InChI=1S/C10H8BrClN2O2/c1-16-6-2-3-8-7(4-6)10(15)14(11)9(5-12)13-8/h2-4H,5H2,1H3. The fourth-order valence-electron chi connectivity index (χ4n) is 1.40. The van der Waals surface area contributed by atoms with Crippen LogP contribution in [0.25, 0.3) is 10.9 Å². The molecule has 0 unspecified atom stereocenters. The van der Waals surface area contributed by atoms with Crippen LogP contribution in [0, 0.1) is 0 Å². The van der Waals surface area contributed by atoms with E-state index in [9.17, 15) is 4.79 Å². The molecule has 6 heteroatoms. The van der Waals surface area contributed by atoms with Gasteiger partial charge in [0.05, 0.1) is 40.0 Å². The third-order valence-electron chi connectivity index (χ3n) is 2.21. The Bertz CT molecular complexity index is 597. The van der Waals surface area contributed by atoms with Crippen molar-refractivity contribution in [2.75, 3.05) is 7.11 Å². The Balaban J connectivity index is 2.82. The van der Waals surface area contributed by atoms with Crippen LogP contribution in [-0.4, -0.2) is 15.7 Å². The van der Waals surface area contributed by atoms with Gasteiger partial charge in [-0.1, -0.05) is 0 Å². The maximum absolute atomic E-state index is 11.9. The molecule has 1 aromatic heterocycles. The zero-order valence-electron chi connectivity index (χ0n) is 8.41. The first-order chi connectivity index (χ1) is 7.67. The van der Waals surface area contributed by atoms with E-state index >= 15 is 0 Å². The molecule has 4 nitrogen and oxygen atoms in total. The Morgan fingerprint density at radius 1 is 1.56 bits per heavy atom. The predicted octanol–water partition coefficient (Wildman–Crippen LogP) is 2.30. The molecular formula is C10H8BrClN2O2. The van der Waals surface area contributed by atoms with Crippen molar-refractivity contribution in [1.29, 1.82) is 0 Å². The maximum atomic E-state index is 11.9. The second kappa shape index (κ2) is 4.43. The average molecular weight is 304 g/mol. The summed E-state index contributed by atoms with van der Waals surface area (Å²) in [4.78, 5) is 16.2. The molecule has 0 amide bonds. The summed E-state index contributed by atoms with van der Waals surface area (Å²) in [5.74, 6) is 1.27. The lowest BCUT2D eigenvalue weighted by molar-refractivity contribution is 0.415. The number of methoxy groups -OCH3 is 1. The number of halogens is 2. The van der Waals surface area contributed by atoms with Gasteiger partial charge in [-0.2, -0.15) is 0 Å². The van der Waals surface area contributed by atoms with Gasteiger partial charge in [-0.05, 0) is 18.2 Å². The molecule has 0 saturated carbocycles. The SMILES string of the molecule is COc1ccc2nc(CCl)n(Br)c(=O)c2c1. The molecule has 0 N–H and O–H groups in total. The van der Waals surface area contributed by atoms with E-state index in [1.165, 1.54) is 3.59 Å². The number of benzene rings is 1. The highest BCUT2D eigenvalue weighted by Gasteiger charge is 2.09. The number of ether oxygens (including phenoxy) is 1. The predicted molar refractivity (Wildman–Crippen MR) is 66.4 cm³/mol. The highest BCUT2D eigenvalue weighted by atomic mass is 79.9. The Morgan fingerprint density at radius 2 is 2.31 bits per heavy atom. The molecule has 2 rings (SSSR count). The van der Waals surface area contributed by atoms with E-state index in [0.717, 1.165) is 0 Å². The van der Waals surface area contributed by atoms with E-state index in [2.05, 4.69) is 21.1 Å². The van der Waals surface area contributed by atoms with Crippen LogP contribution >= 0.6 is 27.7 Å². The summed E-state index contributed by atoms with van der Waals surface area (Å²) in [6.07, 6.45) is 0. The fourth-order valence-corrected chi connectivity index (χ4v) is 2.12. The van der Waals surface area contributed by atoms with Crippen molar-refractivity contribution >= 4 is 38.7 Å². The summed E-state index contributed by atoms with van der Waals surface area (Å²) in [6.45, 7) is 0. The zero-order valence-corrected chi connectivity index (χ0v) is 10.7. The van der Waals surface area contributed by atoms with E-state index in [4.69, 9.17) is 16.3 Å². The number of rotatable bonds is 2. The molecule has 0 bridgehead atoms. The van der Waals surface area contributed by atoms with Crippen molar-refractivity contribution in [3.63, 3.8) is 0 Å². The van der Waals surface area contributed by atoms with E-state index < -0.39 is 0 Å². The smallest absolute Gasteiger partial charge is 0.271 e. The lowest BCUT2D eigenvalue weighted by Crippen LogP contribution is -2.17. The quantitative estimate of drug-likeness (QED) is 0.800. The molecular weight excluding hydrogens is 295 g/mol. The van der Waals surface area contributed by atoms with Gasteiger partial charge >= 0.3 is 0 Å². The summed E-state index contributed by atoms with van der Waals surface area (Å²) in [7, 11) is 1.55. The lowest BCUT2D eigenvalue weighted by atomic mass is 10.2. The van der Waals surface area contributed by atoms with Crippen LogP contribution in [0.2, 0.25) is 0 Å². The van der Waals surface area contributed by atoms with Gasteiger partial charge in [0.15, 0.2) is 0 Å². The molecule has 0 aliphatic heterocycles. The molecule has 0 saturated heterocycles. The molecule has 1 heterocycles. The summed E-state index contributed by atoms with van der Waals surface area (Å²) in [6, 6.07) is 5.14. The third-order valence-corrected chi connectivity index (χ3v) is 3.18. The van der Waals surface area contributed by atoms with Gasteiger partial charge in [-0.25, -0.2) is 8.58 Å². The van der Waals surface area contributed by atoms with Gasteiger partial charge in [0, 0.05) is 0 Å². The van der Waals surface area contributed by atoms with Gasteiger partial charge in [-0.15, -0.1) is 11.6 Å². The minimum Gasteiger partial charge on any atom is -0.497 e. The highest BCUT2D eigenvalue weighted by molar-refractivity contribution is 9.08. The van der Waals surface area contributed by atoms with Crippen molar-refractivity contribution in [2.24, 2.45) is 0 Å². The number of fused-ring (bicyclic) bond motifs is 1. The average Bonchev–Trinajstić information content (AvgIpc) is 2.33. The Morgan fingerprint density at radius 3 is 2.94 bits per heavy atom. The molecule has 0 fully saturated rings. The molecule has 0 radical (unpaired) electrons. The molecule has 0 spiro atoms. The Hall–Kier alpha value is -1.07. The second-order valence-electron chi connectivity index (χ2n) is 3.13. The monoisotopic (exact) mass is 302 g/mol. The Labute approximate surface area is 105 Å². The minimum atomic E-state index is -0.195. The summed E-state index contributed by atoms with van der Waals surface area (Å²) >= 11 is 8.81. The molecule has 84 valence electrons. The minimum absolute atomic E-state index is 0.169. The summed E-state index contributed by atoms with van der Waals surface area (Å²) in [5.41, 5.74) is 0.414. The molecule has 1 aromatic carbocycles. The fraction of sp³-hybridized carbons (Fsp3) is 0.200. The molecule has 0 aliphatic carbocycles. The van der Waals surface area contributed by atoms with Crippen LogP contribution < -0.4 is 10.3 Å². The van der Waals surface area contributed by atoms with Crippen LogP contribution in [0.15, 0.2) is 23.0 Å². The number of aromatic nitrogens is 2. The number of hydrogen-bond acceptors (Lipinski definition) is 3.